The van der Waals surface area contributed by atoms with Crippen LogP contribution >= 0.6 is 22.6 Å². The van der Waals surface area contributed by atoms with Crippen molar-refractivity contribution < 1.29 is 4.79 Å². The van der Waals surface area contributed by atoms with E-state index in [1.54, 1.807) is 0 Å². The summed E-state index contributed by atoms with van der Waals surface area (Å²) < 4.78 is -0.0255. The van der Waals surface area contributed by atoms with Crippen molar-refractivity contribution in [3.63, 3.8) is 0 Å². The maximum absolute atomic E-state index is 11.9. The summed E-state index contributed by atoms with van der Waals surface area (Å²) in [6.07, 6.45) is 1.01. The van der Waals surface area contributed by atoms with Crippen LogP contribution in [0.3, 0.4) is 0 Å². The Bertz CT molecular complexity index is 404. The fourth-order valence-electron chi connectivity index (χ4n) is 2.15. The van der Waals surface area contributed by atoms with Crippen LogP contribution in [0.4, 0.5) is 0 Å². The molecule has 0 aromatic heterocycles. The highest BCUT2D eigenvalue weighted by Crippen LogP contribution is 2.42. The van der Waals surface area contributed by atoms with E-state index in [0.717, 1.165) is 17.5 Å². The average Bonchev–Trinajstić information content (AvgIpc) is 2.26. The number of ketones is 1. The second kappa shape index (κ2) is 3.87. The number of rotatable bonds is 1. The number of hydrogen-bond acceptors (Lipinski definition) is 2. The van der Waals surface area contributed by atoms with Crippen molar-refractivity contribution in [1.29, 1.82) is 0 Å². The van der Waals surface area contributed by atoms with Crippen LogP contribution in [0.1, 0.15) is 29.3 Å². The fraction of sp³-hybridized carbons (Fsp3) is 0.417. The van der Waals surface area contributed by atoms with E-state index in [2.05, 4.69) is 40.5 Å². The summed E-state index contributed by atoms with van der Waals surface area (Å²) >= 11 is 2.46. The van der Waals surface area contributed by atoms with E-state index in [-0.39, 0.29) is 9.33 Å². The fourth-order valence-corrected chi connectivity index (χ4v) is 2.79. The van der Waals surface area contributed by atoms with E-state index in [9.17, 15) is 4.79 Å². The van der Waals surface area contributed by atoms with Gasteiger partial charge < -0.3 is 0 Å². The molecule has 0 amide bonds. The van der Waals surface area contributed by atoms with Gasteiger partial charge in [-0.1, -0.05) is 53.8 Å². The molecular formula is C12H14INO. The van der Waals surface area contributed by atoms with Crippen molar-refractivity contribution in [2.75, 3.05) is 13.6 Å². The third-order valence-corrected chi connectivity index (χ3v) is 5.26. The highest BCUT2D eigenvalue weighted by Gasteiger charge is 2.39. The van der Waals surface area contributed by atoms with Gasteiger partial charge in [0.25, 0.3) is 0 Å². The molecule has 1 heterocycles. The molecule has 2 rings (SSSR count). The number of alkyl halides is 1. The lowest BCUT2D eigenvalue weighted by Gasteiger charge is -2.41. The van der Waals surface area contributed by atoms with Crippen LogP contribution in [-0.2, 0) is 3.55 Å². The van der Waals surface area contributed by atoms with Crippen LogP contribution in [0.2, 0.25) is 0 Å². The number of fused-ring (bicyclic) bond motifs is 1. The maximum Gasteiger partial charge on any atom is 0.177 e. The number of hydrogen-bond donors (Lipinski definition) is 0. The molecular weight excluding hydrogens is 301 g/mol. The number of carbonyl (C=O) groups is 1. The molecule has 1 aliphatic rings. The highest BCUT2D eigenvalue weighted by atomic mass is 127. The number of halogens is 1. The highest BCUT2D eigenvalue weighted by molar-refractivity contribution is 14.1. The van der Waals surface area contributed by atoms with Gasteiger partial charge >= 0.3 is 0 Å². The van der Waals surface area contributed by atoms with Gasteiger partial charge in [0.1, 0.15) is 0 Å². The summed E-state index contributed by atoms with van der Waals surface area (Å²) in [6.45, 7) is 2.68. The molecule has 80 valence electrons. The second-order valence-electron chi connectivity index (χ2n) is 3.94. The largest absolute Gasteiger partial charge is 0.293 e. The first kappa shape index (κ1) is 11.1. The van der Waals surface area contributed by atoms with E-state index in [0.29, 0.717) is 6.54 Å². The Morgan fingerprint density at radius 1 is 1.47 bits per heavy atom. The maximum atomic E-state index is 11.9. The molecule has 1 atom stereocenters. The number of benzene rings is 1. The Morgan fingerprint density at radius 3 is 2.80 bits per heavy atom. The normalized spacial score (nSPS) is 26.5. The molecule has 1 aromatic carbocycles. The van der Waals surface area contributed by atoms with E-state index in [1.165, 1.54) is 0 Å². The molecule has 0 saturated heterocycles. The smallest absolute Gasteiger partial charge is 0.177 e. The topological polar surface area (TPSA) is 20.3 Å². The van der Waals surface area contributed by atoms with Crippen molar-refractivity contribution in [2.45, 2.75) is 16.9 Å². The zero-order valence-corrected chi connectivity index (χ0v) is 11.1. The first-order chi connectivity index (χ1) is 7.09. The van der Waals surface area contributed by atoms with E-state index >= 15 is 0 Å². The van der Waals surface area contributed by atoms with Crippen molar-refractivity contribution in [3.8, 4) is 0 Å². The lowest BCUT2D eigenvalue weighted by molar-refractivity contribution is 0.0871. The summed E-state index contributed by atoms with van der Waals surface area (Å²) in [5, 5.41) is 0. The van der Waals surface area contributed by atoms with Gasteiger partial charge in [-0.2, -0.15) is 0 Å². The van der Waals surface area contributed by atoms with Crippen molar-refractivity contribution >= 4 is 28.4 Å². The van der Waals surface area contributed by atoms with E-state index in [4.69, 9.17) is 0 Å². The van der Waals surface area contributed by atoms with Gasteiger partial charge in [0, 0.05) is 5.56 Å². The summed E-state index contributed by atoms with van der Waals surface area (Å²) in [4.78, 5) is 14.0. The van der Waals surface area contributed by atoms with Crippen molar-refractivity contribution in [2.24, 2.45) is 0 Å². The first-order valence-electron chi connectivity index (χ1n) is 5.12. The summed E-state index contributed by atoms with van der Waals surface area (Å²) in [5.74, 6) is 0.230. The van der Waals surface area contributed by atoms with E-state index < -0.39 is 0 Å². The summed E-state index contributed by atoms with van der Waals surface area (Å²) in [5.41, 5.74) is 2.05. The first-order valence-corrected chi connectivity index (χ1v) is 6.20. The average molecular weight is 315 g/mol. The number of likely N-dealkylation sites (N-methyl/N-ethyl adjacent to an activating group) is 1. The molecule has 0 fully saturated rings. The molecule has 0 aliphatic carbocycles. The Hall–Kier alpha value is -0.420. The Labute approximate surface area is 104 Å². The molecule has 0 bridgehead atoms. The van der Waals surface area contributed by atoms with E-state index in [1.807, 2.05) is 25.2 Å². The second-order valence-corrected chi connectivity index (χ2v) is 5.72. The van der Waals surface area contributed by atoms with Crippen LogP contribution in [0.5, 0.6) is 0 Å². The van der Waals surface area contributed by atoms with Crippen LogP contribution in [0, 0.1) is 0 Å². The molecule has 0 spiro atoms. The van der Waals surface area contributed by atoms with Crippen LogP contribution in [-0.4, -0.2) is 24.3 Å². The summed E-state index contributed by atoms with van der Waals surface area (Å²) in [6, 6.07) is 7.95. The van der Waals surface area contributed by atoms with Gasteiger partial charge in [0.15, 0.2) is 5.78 Å². The van der Waals surface area contributed by atoms with Crippen LogP contribution in [0.15, 0.2) is 24.3 Å². The predicted molar refractivity (Wildman–Crippen MR) is 69.4 cm³/mol. The minimum Gasteiger partial charge on any atom is -0.293 e. The SMILES string of the molecule is CC[C@@]1(I)c2ccccc2C(=O)CN1C. The van der Waals surface area contributed by atoms with Crippen molar-refractivity contribution in [1.82, 2.24) is 4.90 Å². The van der Waals surface area contributed by atoms with Crippen LogP contribution in [0.25, 0.3) is 0 Å². The number of nitrogens with zero attached hydrogens (tertiary/aromatic N) is 1. The summed E-state index contributed by atoms with van der Waals surface area (Å²) in [7, 11) is 2.02. The monoisotopic (exact) mass is 315 g/mol. The zero-order valence-electron chi connectivity index (χ0n) is 8.96. The third kappa shape index (κ3) is 1.61. The molecule has 0 radical (unpaired) electrons. The Kier molecular flexibility index (Phi) is 2.85. The van der Waals surface area contributed by atoms with Gasteiger partial charge in [0.2, 0.25) is 0 Å². The van der Waals surface area contributed by atoms with Crippen molar-refractivity contribution in [3.05, 3.63) is 35.4 Å². The Morgan fingerprint density at radius 2 is 2.13 bits per heavy atom. The van der Waals surface area contributed by atoms with Gasteiger partial charge in [0.05, 0.1) is 10.1 Å². The standard InChI is InChI=1S/C12H14INO/c1-3-12(13)10-7-5-4-6-9(10)11(15)8-14(12)2/h4-7H,3,8H2,1-2H3/t12-/m0/s1. The molecule has 2 nitrogen and oxygen atoms in total. The predicted octanol–water partition coefficient (Wildman–Crippen LogP) is 2.81. The molecule has 3 heteroatoms. The van der Waals surface area contributed by atoms with Crippen LogP contribution < -0.4 is 0 Å². The molecule has 1 aliphatic heterocycles. The minimum atomic E-state index is -0.0255. The van der Waals surface area contributed by atoms with Gasteiger partial charge in [-0.25, -0.2) is 0 Å². The van der Waals surface area contributed by atoms with Gasteiger partial charge in [-0.3, -0.25) is 9.69 Å². The lowest BCUT2D eigenvalue weighted by atomic mass is 9.91. The molecule has 0 unspecified atom stereocenters. The third-order valence-electron chi connectivity index (χ3n) is 3.09. The molecule has 0 N–H and O–H groups in total. The zero-order chi connectivity index (χ0) is 11.1. The quantitative estimate of drug-likeness (QED) is 0.451. The molecule has 1 aromatic rings. The van der Waals surface area contributed by atoms with Gasteiger partial charge in [-0.15, -0.1) is 0 Å². The number of carbonyl (C=O) groups excluding carboxylic acids is 1. The Balaban J connectivity index is 2.62. The lowest BCUT2D eigenvalue weighted by Crippen LogP contribution is -2.46. The number of Topliss-reactive ketones (excluding diaryl/α,β-unsaturated/α-hetero) is 1. The minimum absolute atomic E-state index is 0.0255. The van der Waals surface area contributed by atoms with Gasteiger partial charge in [-0.05, 0) is 19.0 Å². The molecule has 0 saturated carbocycles. The molecule has 15 heavy (non-hydrogen) atoms.